The molecule has 4 rings (SSSR count). The molecule has 1 aliphatic rings. The van der Waals surface area contributed by atoms with E-state index in [1.165, 1.54) is 0 Å². The van der Waals surface area contributed by atoms with Gasteiger partial charge in [0.1, 0.15) is 0 Å². The normalized spacial score (nSPS) is 12.9. The number of carbonyl (C=O) groups is 2. The van der Waals surface area contributed by atoms with Gasteiger partial charge in [-0.15, -0.1) is 0 Å². The van der Waals surface area contributed by atoms with Gasteiger partial charge in [0.2, 0.25) is 5.91 Å². The Bertz CT molecular complexity index is 1080. The van der Waals surface area contributed by atoms with Crippen LogP contribution in [0.2, 0.25) is 5.02 Å². The van der Waals surface area contributed by atoms with E-state index >= 15 is 0 Å². The lowest BCUT2D eigenvalue weighted by atomic mass is 10.00. The third kappa shape index (κ3) is 4.47. The second-order valence-corrected chi connectivity index (χ2v) is 7.81. The molecule has 30 heavy (non-hydrogen) atoms. The highest BCUT2D eigenvalue weighted by molar-refractivity contribution is 6.30. The van der Waals surface area contributed by atoms with E-state index in [1.54, 1.807) is 41.3 Å². The summed E-state index contributed by atoms with van der Waals surface area (Å²) in [6, 6.07) is 19.9. The fourth-order valence-corrected chi connectivity index (χ4v) is 3.79. The summed E-state index contributed by atoms with van der Waals surface area (Å²) in [5.74, 6) is -0.141. The number of nitrogen functional groups attached to an aromatic ring is 1. The lowest BCUT2D eigenvalue weighted by Gasteiger charge is -2.30. The summed E-state index contributed by atoms with van der Waals surface area (Å²) in [4.78, 5) is 27.2. The third-order valence-electron chi connectivity index (χ3n) is 5.16. The molecule has 5 nitrogen and oxygen atoms in total. The predicted molar refractivity (Wildman–Crippen MR) is 121 cm³/mol. The lowest BCUT2D eigenvalue weighted by Crippen LogP contribution is -2.35. The maximum Gasteiger partial charge on any atom is 0.258 e. The zero-order chi connectivity index (χ0) is 21.1. The molecule has 3 N–H and O–H groups in total. The number of rotatable bonds is 4. The number of aryl methyl sites for hydroxylation is 1. The molecule has 1 heterocycles. The highest BCUT2D eigenvalue weighted by atomic mass is 35.5. The van der Waals surface area contributed by atoms with Crippen molar-refractivity contribution in [3.8, 4) is 0 Å². The van der Waals surface area contributed by atoms with E-state index in [1.807, 2.05) is 30.3 Å². The first-order valence-electron chi connectivity index (χ1n) is 9.84. The zero-order valence-corrected chi connectivity index (χ0v) is 17.2. The third-order valence-corrected chi connectivity index (χ3v) is 5.41. The summed E-state index contributed by atoms with van der Waals surface area (Å²) in [6.45, 7) is 0.664. The van der Waals surface area contributed by atoms with E-state index in [0.717, 1.165) is 35.3 Å². The van der Waals surface area contributed by atoms with Gasteiger partial charge >= 0.3 is 0 Å². The molecule has 0 unspecified atom stereocenters. The van der Waals surface area contributed by atoms with Gasteiger partial charge < -0.3 is 16.0 Å². The van der Waals surface area contributed by atoms with E-state index in [0.29, 0.717) is 22.8 Å². The molecule has 0 atom stereocenters. The minimum Gasteiger partial charge on any atom is -0.399 e. The van der Waals surface area contributed by atoms with Gasteiger partial charge in [-0.1, -0.05) is 23.7 Å². The van der Waals surface area contributed by atoms with Crippen molar-refractivity contribution in [3.63, 3.8) is 0 Å². The van der Waals surface area contributed by atoms with Crippen LogP contribution in [0.4, 0.5) is 17.1 Å². The van der Waals surface area contributed by atoms with E-state index < -0.39 is 0 Å². The predicted octanol–water partition coefficient (Wildman–Crippen LogP) is 4.70. The first-order valence-corrected chi connectivity index (χ1v) is 10.2. The molecule has 0 radical (unpaired) electrons. The van der Waals surface area contributed by atoms with Crippen molar-refractivity contribution in [2.45, 2.75) is 19.3 Å². The molecule has 0 saturated heterocycles. The van der Waals surface area contributed by atoms with Crippen LogP contribution in [-0.2, 0) is 17.6 Å². The Labute approximate surface area is 180 Å². The quantitative estimate of drug-likeness (QED) is 0.602. The topological polar surface area (TPSA) is 75.4 Å². The zero-order valence-electron chi connectivity index (χ0n) is 16.4. The van der Waals surface area contributed by atoms with Crippen molar-refractivity contribution in [1.82, 2.24) is 0 Å². The lowest BCUT2D eigenvalue weighted by molar-refractivity contribution is -0.115. The molecule has 6 heteroatoms. The summed E-state index contributed by atoms with van der Waals surface area (Å²) in [6.07, 6.45) is 2.01. The molecule has 0 aliphatic carbocycles. The van der Waals surface area contributed by atoms with Gasteiger partial charge in [0.15, 0.2) is 0 Å². The number of hydrogen-bond acceptors (Lipinski definition) is 3. The van der Waals surface area contributed by atoms with E-state index in [-0.39, 0.29) is 18.2 Å². The largest absolute Gasteiger partial charge is 0.399 e. The molecule has 3 aromatic rings. The van der Waals surface area contributed by atoms with Crippen molar-refractivity contribution < 1.29 is 9.59 Å². The number of nitrogens with zero attached hydrogens (tertiary/aromatic N) is 1. The Morgan fingerprint density at radius 2 is 1.73 bits per heavy atom. The van der Waals surface area contributed by atoms with Gasteiger partial charge in [-0.3, -0.25) is 9.59 Å². The van der Waals surface area contributed by atoms with Crippen LogP contribution in [0.1, 0.15) is 27.9 Å². The molecular formula is C24H22ClN3O2. The number of nitrogens with one attached hydrogen (secondary N) is 1. The van der Waals surface area contributed by atoms with Crippen molar-refractivity contribution in [2.75, 3.05) is 22.5 Å². The van der Waals surface area contributed by atoms with E-state index in [2.05, 4.69) is 5.32 Å². The number of halogens is 1. The number of hydrogen-bond donors (Lipinski definition) is 2. The molecule has 152 valence electrons. The molecule has 0 bridgehead atoms. The fraction of sp³-hybridized carbons (Fsp3) is 0.167. The number of anilines is 3. The van der Waals surface area contributed by atoms with Crippen LogP contribution in [0.5, 0.6) is 0 Å². The summed E-state index contributed by atoms with van der Waals surface area (Å²) in [7, 11) is 0. The molecule has 0 aromatic heterocycles. The second kappa shape index (κ2) is 8.59. The average Bonchev–Trinajstić information content (AvgIpc) is 2.75. The Balaban J connectivity index is 1.48. The summed E-state index contributed by atoms with van der Waals surface area (Å²) in [5.41, 5.74) is 10.5. The fourth-order valence-electron chi connectivity index (χ4n) is 3.66. The van der Waals surface area contributed by atoms with Gasteiger partial charge in [-0.2, -0.15) is 0 Å². The molecule has 0 saturated carbocycles. The number of amides is 2. The first-order chi connectivity index (χ1) is 14.5. The van der Waals surface area contributed by atoms with Crippen molar-refractivity contribution in [1.29, 1.82) is 0 Å². The SMILES string of the molecule is Nc1ccc(CC(=O)Nc2ccc3c(c2)CCCN3C(=O)c2ccc(Cl)cc2)cc1. The highest BCUT2D eigenvalue weighted by Crippen LogP contribution is 2.31. The van der Waals surface area contributed by atoms with Gasteiger partial charge in [0, 0.05) is 34.2 Å². The Morgan fingerprint density at radius 1 is 1.00 bits per heavy atom. The molecule has 0 spiro atoms. The molecule has 3 aromatic carbocycles. The number of fused-ring (bicyclic) bond motifs is 1. The molecule has 0 fully saturated rings. The highest BCUT2D eigenvalue weighted by Gasteiger charge is 2.24. The standard InChI is InChI=1S/C24H22ClN3O2/c25-19-7-5-17(6-8-19)24(30)28-13-1-2-18-15-21(11-12-22(18)28)27-23(29)14-16-3-9-20(26)10-4-16/h3-12,15H,1-2,13-14,26H2,(H,27,29). The second-order valence-electron chi connectivity index (χ2n) is 7.38. The van der Waals surface area contributed by atoms with Crippen LogP contribution in [0.15, 0.2) is 66.7 Å². The molecule has 2 amide bonds. The van der Waals surface area contributed by atoms with Gasteiger partial charge in [0.05, 0.1) is 6.42 Å². The van der Waals surface area contributed by atoms with Gasteiger partial charge in [0.25, 0.3) is 5.91 Å². The Hall–Kier alpha value is -3.31. The average molecular weight is 420 g/mol. The van der Waals surface area contributed by atoms with Crippen LogP contribution in [0, 0.1) is 0 Å². The summed E-state index contributed by atoms with van der Waals surface area (Å²) >= 11 is 5.94. The minimum atomic E-state index is -0.0929. The van der Waals surface area contributed by atoms with E-state index in [9.17, 15) is 9.59 Å². The Kier molecular flexibility index (Phi) is 5.72. The van der Waals surface area contributed by atoms with Crippen LogP contribution >= 0.6 is 11.6 Å². The van der Waals surface area contributed by atoms with Crippen LogP contribution in [0.3, 0.4) is 0 Å². The van der Waals surface area contributed by atoms with Crippen molar-refractivity contribution in [2.24, 2.45) is 0 Å². The smallest absolute Gasteiger partial charge is 0.258 e. The summed E-state index contributed by atoms with van der Waals surface area (Å²) < 4.78 is 0. The Morgan fingerprint density at radius 3 is 2.47 bits per heavy atom. The number of benzene rings is 3. The number of nitrogens with two attached hydrogens (primary N) is 1. The van der Waals surface area contributed by atoms with Crippen molar-refractivity contribution >= 4 is 40.5 Å². The first kappa shape index (κ1) is 20.0. The summed E-state index contributed by atoms with van der Waals surface area (Å²) in [5, 5.41) is 3.55. The monoisotopic (exact) mass is 419 g/mol. The van der Waals surface area contributed by atoms with Gasteiger partial charge in [-0.05, 0) is 78.6 Å². The van der Waals surface area contributed by atoms with Crippen LogP contribution in [-0.4, -0.2) is 18.4 Å². The molecule has 1 aliphatic heterocycles. The van der Waals surface area contributed by atoms with Crippen molar-refractivity contribution in [3.05, 3.63) is 88.4 Å². The molecular weight excluding hydrogens is 398 g/mol. The van der Waals surface area contributed by atoms with Crippen LogP contribution < -0.4 is 16.0 Å². The van der Waals surface area contributed by atoms with E-state index in [4.69, 9.17) is 17.3 Å². The minimum absolute atomic E-state index is 0.0484. The maximum absolute atomic E-state index is 13.0. The maximum atomic E-state index is 13.0. The number of carbonyl (C=O) groups excluding carboxylic acids is 2. The van der Waals surface area contributed by atoms with Crippen LogP contribution in [0.25, 0.3) is 0 Å². The van der Waals surface area contributed by atoms with Gasteiger partial charge in [-0.25, -0.2) is 0 Å².